The molecule has 2 saturated carbocycles. The molecule has 4 atom stereocenters. The summed E-state index contributed by atoms with van der Waals surface area (Å²) in [5.41, 5.74) is 6.36. The lowest BCUT2D eigenvalue weighted by Crippen LogP contribution is -2.42. The van der Waals surface area contributed by atoms with E-state index < -0.39 is 10.0 Å². The van der Waals surface area contributed by atoms with Crippen LogP contribution >= 0.6 is 0 Å². The third-order valence-electron chi connectivity index (χ3n) is 4.73. The molecule has 2 fully saturated rings. The van der Waals surface area contributed by atoms with E-state index in [-0.39, 0.29) is 28.4 Å². The molecule has 6 nitrogen and oxygen atoms in total. The summed E-state index contributed by atoms with van der Waals surface area (Å²) < 4.78 is 23.1. The topological polar surface area (TPSA) is 115 Å². The molecule has 5 N–H and O–H groups in total. The zero-order valence-corrected chi connectivity index (χ0v) is 12.3. The van der Waals surface area contributed by atoms with Crippen LogP contribution in [0.4, 0.5) is 5.69 Å². The van der Waals surface area contributed by atoms with Crippen LogP contribution in [-0.4, -0.2) is 20.4 Å². The van der Waals surface area contributed by atoms with Crippen LogP contribution in [0.5, 0.6) is 0 Å². The molecule has 2 bridgehead atoms. The molecule has 3 rings (SSSR count). The van der Waals surface area contributed by atoms with E-state index in [9.17, 15) is 13.2 Å². The zero-order valence-electron chi connectivity index (χ0n) is 11.5. The van der Waals surface area contributed by atoms with E-state index >= 15 is 0 Å². The van der Waals surface area contributed by atoms with Crippen LogP contribution in [0.2, 0.25) is 0 Å². The van der Waals surface area contributed by atoms with Crippen molar-refractivity contribution in [1.29, 1.82) is 0 Å². The molecular formula is C14H19N3O3S. The van der Waals surface area contributed by atoms with E-state index in [2.05, 4.69) is 5.32 Å². The fourth-order valence-electron chi connectivity index (χ4n) is 3.76. The second-order valence-electron chi connectivity index (χ2n) is 5.97. The SMILES string of the molecule is NC1C2CCC(C2)C1C(=O)Nc1ccccc1S(N)(=O)=O. The molecule has 0 heterocycles. The van der Waals surface area contributed by atoms with Crippen molar-refractivity contribution >= 4 is 21.6 Å². The van der Waals surface area contributed by atoms with Crippen LogP contribution < -0.4 is 16.2 Å². The number of nitrogens with two attached hydrogens (primary N) is 2. The molecule has 0 aromatic heterocycles. The Labute approximate surface area is 123 Å². The highest BCUT2D eigenvalue weighted by Gasteiger charge is 2.49. The fraction of sp³-hybridized carbons (Fsp3) is 0.500. The van der Waals surface area contributed by atoms with E-state index in [1.165, 1.54) is 12.1 Å². The third-order valence-corrected chi connectivity index (χ3v) is 5.70. The first-order valence-corrected chi connectivity index (χ1v) is 8.61. The Hall–Kier alpha value is -1.44. The number of rotatable bonds is 3. The first kappa shape index (κ1) is 14.5. The minimum Gasteiger partial charge on any atom is -0.327 e. The van der Waals surface area contributed by atoms with Gasteiger partial charge in [-0.05, 0) is 43.2 Å². The molecule has 2 aliphatic carbocycles. The normalized spacial score (nSPS) is 31.3. The van der Waals surface area contributed by atoms with E-state index in [0.29, 0.717) is 11.8 Å². The Balaban J connectivity index is 1.83. The second-order valence-corrected chi connectivity index (χ2v) is 7.50. The van der Waals surface area contributed by atoms with Crippen LogP contribution in [0.3, 0.4) is 0 Å². The molecule has 114 valence electrons. The van der Waals surface area contributed by atoms with Crippen LogP contribution in [0.15, 0.2) is 29.2 Å². The second kappa shape index (κ2) is 5.08. The molecule has 0 aliphatic heterocycles. The largest absolute Gasteiger partial charge is 0.327 e. The van der Waals surface area contributed by atoms with Gasteiger partial charge < -0.3 is 11.1 Å². The highest BCUT2D eigenvalue weighted by molar-refractivity contribution is 7.89. The van der Waals surface area contributed by atoms with Gasteiger partial charge in [0.2, 0.25) is 15.9 Å². The van der Waals surface area contributed by atoms with E-state index in [4.69, 9.17) is 10.9 Å². The molecule has 4 unspecified atom stereocenters. The maximum Gasteiger partial charge on any atom is 0.240 e. The Morgan fingerprint density at radius 1 is 1.19 bits per heavy atom. The maximum absolute atomic E-state index is 12.5. The van der Waals surface area contributed by atoms with Gasteiger partial charge in [0.25, 0.3) is 0 Å². The van der Waals surface area contributed by atoms with Gasteiger partial charge in [-0.25, -0.2) is 13.6 Å². The van der Waals surface area contributed by atoms with Crippen molar-refractivity contribution < 1.29 is 13.2 Å². The minimum absolute atomic E-state index is 0.0740. The fourth-order valence-corrected chi connectivity index (χ4v) is 4.45. The monoisotopic (exact) mass is 309 g/mol. The van der Waals surface area contributed by atoms with Gasteiger partial charge in [0.15, 0.2) is 0 Å². The van der Waals surface area contributed by atoms with Crippen LogP contribution in [0, 0.1) is 17.8 Å². The van der Waals surface area contributed by atoms with Gasteiger partial charge >= 0.3 is 0 Å². The third kappa shape index (κ3) is 2.56. The molecule has 1 aromatic carbocycles. The Kier molecular flexibility index (Phi) is 3.51. The van der Waals surface area contributed by atoms with Crippen LogP contribution in [0.1, 0.15) is 19.3 Å². The van der Waals surface area contributed by atoms with Gasteiger partial charge in [-0.2, -0.15) is 0 Å². The summed E-state index contributed by atoms with van der Waals surface area (Å²) in [6.45, 7) is 0. The number of carbonyl (C=O) groups is 1. The van der Waals surface area contributed by atoms with Crippen molar-refractivity contribution in [3.05, 3.63) is 24.3 Å². The average Bonchev–Trinajstić information content (AvgIpc) is 2.98. The smallest absolute Gasteiger partial charge is 0.240 e. The predicted octanol–water partition coefficient (Wildman–Crippen LogP) is 0.646. The summed E-state index contributed by atoms with van der Waals surface area (Å²) in [5.74, 6) is 0.286. The zero-order chi connectivity index (χ0) is 15.2. The number of nitrogens with one attached hydrogen (secondary N) is 1. The van der Waals surface area contributed by atoms with Crippen LogP contribution in [-0.2, 0) is 14.8 Å². The first-order valence-electron chi connectivity index (χ1n) is 7.06. The molecule has 0 saturated heterocycles. The van der Waals surface area contributed by atoms with Crippen molar-refractivity contribution in [1.82, 2.24) is 0 Å². The van der Waals surface area contributed by atoms with Gasteiger partial charge in [0.05, 0.1) is 11.6 Å². The number of primary sulfonamides is 1. The molecule has 7 heteroatoms. The first-order chi connectivity index (χ1) is 9.88. The molecule has 1 aromatic rings. The Morgan fingerprint density at radius 2 is 1.86 bits per heavy atom. The number of carbonyl (C=O) groups excluding carboxylic acids is 1. The summed E-state index contributed by atoms with van der Waals surface area (Å²) in [7, 11) is -3.87. The quantitative estimate of drug-likeness (QED) is 0.760. The van der Waals surface area contributed by atoms with Crippen molar-refractivity contribution in [2.45, 2.75) is 30.2 Å². The number of para-hydroxylation sites is 1. The van der Waals surface area contributed by atoms with Crippen molar-refractivity contribution in [2.75, 3.05) is 5.32 Å². The van der Waals surface area contributed by atoms with Crippen molar-refractivity contribution in [3.8, 4) is 0 Å². The summed E-state index contributed by atoms with van der Waals surface area (Å²) in [6.07, 6.45) is 3.10. The Bertz CT molecular complexity index is 672. The highest BCUT2D eigenvalue weighted by atomic mass is 32.2. The van der Waals surface area contributed by atoms with Crippen LogP contribution in [0.25, 0.3) is 0 Å². The molecular weight excluding hydrogens is 290 g/mol. The lowest BCUT2D eigenvalue weighted by atomic mass is 9.84. The van der Waals surface area contributed by atoms with Crippen molar-refractivity contribution in [2.24, 2.45) is 28.6 Å². The molecule has 0 radical (unpaired) electrons. The van der Waals surface area contributed by atoms with Gasteiger partial charge in [0.1, 0.15) is 4.90 Å². The minimum atomic E-state index is -3.87. The number of hydrogen-bond donors (Lipinski definition) is 3. The lowest BCUT2D eigenvalue weighted by Gasteiger charge is -2.27. The van der Waals surface area contributed by atoms with Gasteiger partial charge in [-0.1, -0.05) is 12.1 Å². The number of benzene rings is 1. The molecule has 1 amide bonds. The summed E-state index contributed by atoms with van der Waals surface area (Å²) in [6, 6.07) is 6.01. The number of anilines is 1. The Morgan fingerprint density at radius 3 is 2.48 bits per heavy atom. The maximum atomic E-state index is 12.5. The lowest BCUT2D eigenvalue weighted by molar-refractivity contribution is -0.121. The number of fused-ring (bicyclic) bond motifs is 2. The highest BCUT2D eigenvalue weighted by Crippen LogP contribution is 2.48. The number of sulfonamides is 1. The predicted molar refractivity (Wildman–Crippen MR) is 78.7 cm³/mol. The summed E-state index contributed by atoms with van der Waals surface area (Å²) in [5, 5.41) is 7.87. The van der Waals surface area contributed by atoms with Crippen molar-refractivity contribution in [3.63, 3.8) is 0 Å². The summed E-state index contributed by atoms with van der Waals surface area (Å²) in [4.78, 5) is 12.4. The van der Waals surface area contributed by atoms with E-state index in [1.807, 2.05) is 0 Å². The number of hydrogen-bond acceptors (Lipinski definition) is 4. The van der Waals surface area contributed by atoms with Gasteiger partial charge in [-0.15, -0.1) is 0 Å². The number of amides is 1. The van der Waals surface area contributed by atoms with Gasteiger partial charge in [-0.3, -0.25) is 4.79 Å². The standard InChI is InChI=1S/C14H19N3O3S/c15-13-9-6-5-8(7-9)12(13)14(18)17-10-3-1-2-4-11(10)21(16,19)20/h1-4,8-9,12-13H,5-7,15H2,(H,17,18)(H2,16,19,20). The van der Waals surface area contributed by atoms with E-state index in [1.54, 1.807) is 12.1 Å². The molecule has 2 aliphatic rings. The molecule has 21 heavy (non-hydrogen) atoms. The summed E-state index contributed by atoms with van der Waals surface area (Å²) >= 11 is 0. The van der Waals surface area contributed by atoms with Gasteiger partial charge in [0, 0.05) is 6.04 Å². The van der Waals surface area contributed by atoms with E-state index in [0.717, 1.165) is 19.3 Å². The molecule has 0 spiro atoms. The average molecular weight is 309 g/mol.